The Labute approximate surface area is 100 Å². The maximum absolute atomic E-state index is 11.4. The summed E-state index contributed by atoms with van der Waals surface area (Å²) >= 11 is 0. The van der Waals surface area contributed by atoms with Gasteiger partial charge in [0.2, 0.25) is 5.91 Å². The van der Waals surface area contributed by atoms with Crippen molar-refractivity contribution in [1.82, 2.24) is 15.7 Å². The number of nitrogens with zero attached hydrogens (tertiary/aromatic N) is 1. The van der Waals surface area contributed by atoms with Gasteiger partial charge in [-0.15, -0.1) is 0 Å². The van der Waals surface area contributed by atoms with Crippen LogP contribution in [0.5, 0.6) is 0 Å². The fourth-order valence-electron chi connectivity index (χ4n) is 1.34. The minimum Gasteiger partial charge on any atom is -0.389 e. The van der Waals surface area contributed by atoms with Crippen LogP contribution in [0.1, 0.15) is 20.8 Å². The number of hydroxylamine groups is 2. The van der Waals surface area contributed by atoms with Crippen molar-refractivity contribution in [2.75, 3.05) is 19.7 Å². The number of aliphatic hydroxyl groups excluding tert-OH is 1. The molecule has 3 amide bonds. The zero-order chi connectivity index (χ0) is 13.1. The predicted octanol–water partition coefficient (Wildman–Crippen LogP) is -0.781. The molecule has 3 N–H and O–H groups in total. The molecule has 1 fully saturated rings. The molecule has 1 saturated heterocycles. The minimum atomic E-state index is -0.578. The van der Waals surface area contributed by atoms with Gasteiger partial charge in [-0.05, 0) is 20.8 Å². The van der Waals surface area contributed by atoms with E-state index in [0.717, 1.165) is 0 Å². The lowest BCUT2D eigenvalue weighted by Gasteiger charge is -2.20. The van der Waals surface area contributed by atoms with E-state index in [9.17, 15) is 9.59 Å². The third-order valence-corrected chi connectivity index (χ3v) is 1.93. The number of urea groups is 1. The second-order valence-corrected chi connectivity index (χ2v) is 5.02. The normalized spacial score (nSPS) is 21.3. The lowest BCUT2D eigenvalue weighted by molar-refractivity contribution is -0.141. The van der Waals surface area contributed by atoms with Gasteiger partial charge in [0.15, 0.2) is 0 Å². The largest absolute Gasteiger partial charge is 0.389 e. The number of nitrogens with one attached hydrogen (secondary N) is 2. The first-order chi connectivity index (χ1) is 7.76. The number of aliphatic hydroxyl groups is 1. The predicted molar refractivity (Wildman–Crippen MR) is 60.0 cm³/mol. The second kappa shape index (κ2) is 5.44. The van der Waals surface area contributed by atoms with Crippen LogP contribution in [0.3, 0.4) is 0 Å². The fraction of sp³-hybridized carbons (Fsp3) is 0.800. The summed E-state index contributed by atoms with van der Waals surface area (Å²) in [5, 5.41) is 15.3. The Hall–Kier alpha value is -1.18. The van der Waals surface area contributed by atoms with Crippen LogP contribution in [0, 0.1) is 0 Å². The van der Waals surface area contributed by atoms with Gasteiger partial charge in [-0.3, -0.25) is 14.9 Å². The Morgan fingerprint density at radius 1 is 1.47 bits per heavy atom. The van der Waals surface area contributed by atoms with E-state index in [-0.39, 0.29) is 19.7 Å². The topological polar surface area (TPSA) is 90.9 Å². The number of rotatable bonds is 2. The first-order valence-corrected chi connectivity index (χ1v) is 5.44. The van der Waals surface area contributed by atoms with Crippen molar-refractivity contribution in [3.63, 3.8) is 0 Å². The van der Waals surface area contributed by atoms with Gasteiger partial charge in [-0.2, -0.15) is 5.06 Å². The van der Waals surface area contributed by atoms with Gasteiger partial charge in [-0.25, -0.2) is 4.79 Å². The molecule has 17 heavy (non-hydrogen) atoms. The van der Waals surface area contributed by atoms with E-state index in [4.69, 9.17) is 9.94 Å². The average Bonchev–Trinajstić information content (AvgIpc) is 2.46. The molecule has 0 spiro atoms. The standard InChI is InChI=1S/C10H19N3O4/c1-10(2,3)12-9(16)11-8(15)5-13-4-7(14)6-17-13/h7,14H,4-6H2,1-3H3,(H2,11,12,15,16)/t7-/m1/s1. The van der Waals surface area contributed by atoms with E-state index in [0.29, 0.717) is 0 Å². The van der Waals surface area contributed by atoms with Crippen LogP contribution in [0.4, 0.5) is 4.79 Å². The molecule has 0 aliphatic carbocycles. The Kier molecular flexibility index (Phi) is 4.44. The van der Waals surface area contributed by atoms with Gasteiger partial charge in [0, 0.05) is 5.54 Å². The summed E-state index contributed by atoms with van der Waals surface area (Å²) in [6.45, 7) is 5.83. The Bertz CT molecular complexity index is 300. The number of hydrogen-bond acceptors (Lipinski definition) is 5. The molecule has 0 aromatic rings. The zero-order valence-electron chi connectivity index (χ0n) is 10.3. The van der Waals surface area contributed by atoms with Crippen molar-refractivity contribution in [3.8, 4) is 0 Å². The van der Waals surface area contributed by atoms with Crippen LogP contribution in [0.15, 0.2) is 0 Å². The highest BCUT2D eigenvalue weighted by Crippen LogP contribution is 2.04. The minimum absolute atomic E-state index is 0.0748. The van der Waals surface area contributed by atoms with Crippen LogP contribution >= 0.6 is 0 Å². The molecule has 1 rings (SSSR count). The molecule has 1 heterocycles. The fourth-order valence-corrected chi connectivity index (χ4v) is 1.34. The Balaban J connectivity index is 2.27. The SMILES string of the molecule is CC(C)(C)NC(=O)NC(=O)CN1C[C@@H](O)CO1. The van der Waals surface area contributed by atoms with Crippen molar-refractivity contribution in [1.29, 1.82) is 0 Å². The summed E-state index contributed by atoms with van der Waals surface area (Å²) in [6, 6.07) is -0.540. The van der Waals surface area contributed by atoms with Crippen molar-refractivity contribution in [3.05, 3.63) is 0 Å². The maximum atomic E-state index is 11.4. The van der Waals surface area contributed by atoms with E-state index in [2.05, 4.69) is 10.6 Å². The quantitative estimate of drug-likeness (QED) is 0.593. The van der Waals surface area contributed by atoms with Gasteiger partial charge < -0.3 is 10.4 Å². The van der Waals surface area contributed by atoms with E-state index < -0.39 is 23.6 Å². The molecular weight excluding hydrogens is 226 g/mol. The third kappa shape index (κ3) is 5.62. The van der Waals surface area contributed by atoms with Crippen LogP contribution in [-0.2, 0) is 9.63 Å². The summed E-state index contributed by atoms with van der Waals surface area (Å²) in [6.07, 6.45) is -0.578. The lowest BCUT2D eigenvalue weighted by Crippen LogP contribution is -2.50. The van der Waals surface area contributed by atoms with Gasteiger partial charge in [0.1, 0.15) is 6.54 Å². The van der Waals surface area contributed by atoms with Crippen LogP contribution in [0.2, 0.25) is 0 Å². The molecule has 0 aromatic heterocycles. The third-order valence-electron chi connectivity index (χ3n) is 1.93. The van der Waals surface area contributed by atoms with E-state index in [1.165, 1.54) is 5.06 Å². The molecule has 0 radical (unpaired) electrons. The zero-order valence-corrected chi connectivity index (χ0v) is 10.3. The summed E-state index contributed by atoms with van der Waals surface area (Å²) in [5.41, 5.74) is -0.398. The number of β-amino-alcohol motifs (C(OH)–C–C–N with tert-alkyl or cyclic N) is 1. The molecule has 98 valence electrons. The van der Waals surface area contributed by atoms with Crippen molar-refractivity contribution >= 4 is 11.9 Å². The average molecular weight is 245 g/mol. The van der Waals surface area contributed by atoms with Gasteiger partial charge >= 0.3 is 6.03 Å². The summed E-state index contributed by atoms with van der Waals surface area (Å²) in [5.74, 6) is -0.471. The van der Waals surface area contributed by atoms with E-state index in [1.807, 2.05) is 20.8 Å². The molecule has 7 nitrogen and oxygen atoms in total. The first kappa shape index (κ1) is 13.9. The number of carbonyl (C=O) groups is 2. The maximum Gasteiger partial charge on any atom is 0.321 e. The lowest BCUT2D eigenvalue weighted by atomic mass is 10.1. The first-order valence-electron chi connectivity index (χ1n) is 5.44. The molecule has 1 aliphatic heterocycles. The Morgan fingerprint density at radius 3 is 2.59 bits per heavy atom. The summed E-state index contributed by atoms with van der Waals surface area (Å²) in [4.78, 5) is 27.8. The van der Waals surface area contributed by atoms with Gasteiger partial charge in [0.05, 0.1) is 19.3 Å². The molecule has 0 aromatic carbocycles. The highest BCUT2D eigenvalue weighted by molar-refractivity contribution is 5.95. The summed E-state index contributed by atoms with van der Waals surface area (Å²) in [7, 11) is 0. The monoisotopic (exact) mass is 245 g/mol. The van der Waals surface area contributed by atoms with Crippen molar-refractivity contribution in [2.24, 2.45) is 0 Å². The number of carbonyl (C=O) groups excluding carboxylic acids is 2. The summed E-state index contributed by atoms with van der Waals surface area (Å²) < 4.78 is 0. The number of imide groups is 1. The van der Waals surface area contributed by atoms with Crippen LogP contribution in [0.25, 0.3) is 0 Å². The van der Waals surface area contributed by atoms with E-state index in [1.54, 1.807) is 0 Å². The number of hydrogen-bond donors (Lipinski definition) is 3. The molecule has 7 heteroatoms. The van der Waals surface area contributed by atoms with Crippen molar-refractivity contribution in [2.45, 2.75) is 32.4 Å². The van der Waals surface area contributed by atoms with Gasteiger partial charge in [0.25, 0.3) is 0 Å². The number of amides is 3. The van der Waals surface area contributed by atoms with Gasteiger partial charge in [-0.1, -0.05) is 0 Å². The molecule has 0 saturated carbocycles. The smallest absolute Gasteiger partial charge is 0.321 e. The van der Waals surface area contributed by atoms with Crippen LogP contribution < -0.4 is 10.6 Å². The molecular formula is C10H19N3O4. The highest BCUT2D eigenvalue weighted by Gasteiger charge is 2.24. The molecule has 1 atom stereocenters. The van der Waals surface area contributed by atoms with Crippen LogP contribution in [-0.4, -0.2) is 53.4 Å². The van der Waals surface area contributed by atoms with Crippen molar-refractivity contribution < 1.29 is 19.5 Å². The molecule has 1 aliphatic rings. The second-order valence-electron chi connectivity index (χ2n) is 5.02. The van der Waals surface area contributed by atoms with E-state index >= 15 is 0 Å². The molecule has 0 unspecified atom stereocenters. The highest BCUT2D eigenvalue weighted by atomic mass is 16.7. The molecule has 0 bridgehead atoms. The Morgan fingerprint density at radius 2 is 2.12 bits per heavy atom.